The molecule has 146 valence electrons. The minimum absolute atomic E-state index is 0.0261. The highest BCUT2D eigenvalue weighted by Crippen LogP contribution is 2.35. The van der Waals surface area contributed by atoms with Gasteiger partial charge in [0.2, 0.25) is 11.1 Å². The summed E-state index contributed by atoms with van der Waals surface area (Å²) in [5.41, 5.74) is -0.706. The van der Waals surface area contributed by atoms with Crippen LogP contribution in [0.25, 0.3) is 0 Å². The van der Waals surface area contributed by atoms with Gasteiger partial charge in [0.1, 0.15) is 11.9 Å². The molecule has 10 nitrogen and oxygen atoms in total. The van der Waals surface area contributed by atoms with Crippen molar-refractivity contribution in [3.63, 3.8) is 0 Å². The lowest BCUT2D eigenvalue weighted by Gasteiger charge is -2.48. The molecule has 0 radical (unpaired) electrons. The van der Waals surface area contributed by atoms with Crippen LogP contribution in [0.15, 0.2) is 5.16 Å². The quantitative estimate of drug-likeness (QED) is 0.394. The fourth-order valence-corrected chi connectivity index (χ4v) is 3.90. The molecule has 26 heavy (non-hydrogen) atoms. The van der Waals surface area contributed by atoms with Gasteiger partial charge in [-0.15, -0.1) is 5.10 Å². The predicted octanol–water partition coefficient (Wildman–Crippen LogP) is -0.591. The number of aryl methyl sites for hydroxylation is 1. The summed E-state index contributed by atoms with van der Waals surface area (Å²) in [5, 5.41) is 34.3. The van der Waals surface area contributed by atoms with Gasteiger partial charge in [-0.1, -0.05) is 11.8 Å². The summed E-state index contributed by atoms with van der Waals surface area (Å²) in [4.78, 5) is 26.6. The van der Waals surface area contributed by atoms with Crippen molar-refractivity contribution >= 4 is 24.1 Å². The molecular formula is C15H24N4O6S. The molecule has 2 saturated heterocycles. The number of ether oxygens (including phenoxy) is 1. The third-order valence-electron chi connectivity index (χ3n) is 4.57. The average Bonchev–Trinajstić information content (AvgIpc) is 3.04. The highest BCUT2D eigenvalue weighted by Gasteiger charge is 2.47. The van der Waals surface area contributed by atoms with Crippen LogP contribution in [0.5, 0.6) is 0 Å². The number of amides is 1. The van der Waals surface area contributed by atoms with Crippen molar-refractivity contribution in [3.8, 4) is 0 Å². The Hall–Kier alpha value is -1.69. The maximum absolute atomic E-state index is 12.3. The lowest BCUT2D eigenvalue weighted by Crippen LogP contribution is -2.60. The molecule has 0 unspecified atom stereocenters. The van der Waals surface area contributed by atoms with E-state index in [1.54, 1.807) is 4.90 Å². The van der Waals surface area contributed by atoms with E-state index in [4.69, 9.17) is 14.6 Å². The minimum Gasteiger partial charge on any atom is -0.483 e. The molecule has 1 aromatic heterocycles. The van der Waals surface area contributed by atoms with Crippen LogP contribution >= 0.6 is 11.8 Å². The Kier molecular flexibility index (Phi) is 7.38. The van der Waals surface area contributed by atoms with Gasteiger partial charge in [0.15, 0.2) is 0 Å². The van der Waals surface area contributed by atoms with Gasteiger partial charge in [-0.3, -0.25) is 14.7 Å². The number of likely N-dealkylation sites (tertiary alicyclic amines) is 1. The number of H-pyrrole nitrogens is 1. The fraction of sp³-hybridized carbons (Fsp3) is 0.733. The number of hydrogen-bond acceptors (Lipinski definition) is 8. The van der Waals surface area contributed by atoms with Crippen molar-refractivity contribution < 1.29 is 29.6 Å². The zero-order valence-corrected chi connectivity index (χ0v) is 15.3. The summed E-state index contributed by atoms with van der Waals surface area (Å²) in [6.45, 7) is 3.06. The third kappa shape index (κ3) is 4.93. The van der Waals surface area contributed by atoms with Gasteiger partial charge in [0.25, 0.3) is 6.47 Å². The molecule has 0 aromatic carbocycles. The summed E-state index contributed by atoms with van der Waals surface area (Å²) in [7, 11) is 0. The normalized spacial score (nSPS) is 24.7. The van der Waals surface area contributed by atoms with E-state index >= 15 is 0 Å². The molecule has 11 heteroatoms. The van der Waals surface area contributed by atoms with Gasteiger partial charge in [0.05, 0.1) is 24.1 Å². The summed E-state index contributed by atoms with van der Waals surface area (Å²) < 4.78 is 5.77. The first-order chi connectivity index (χ1) is 12.4. The number of aliphatic hydroxyl groups is 2. The van der Waals surface area contributed by atoms with Crippen molar-refractivity contribution in [2.75, 3.05) is 25.4 Å². The van der Waals surface area contributed by atoms with E-state index < -0.39 is 17.8 Å². The van der Waals surface area contributed by atoms with Crippen molar-refractivity contribution in [1.82, 2.24) is 20.1 Å². The van der Waals surface area contributed by atoms with E-state index in [0.717, 1.165) is 5.82 Å². The number of aliphatic hydroxyl groups excluding tert-OH is 2. The largest absolute Gasteiger partial charge is 0.483 e. The molecule has 2 aliphatic heterocycles. The SMILES string of the molecule is Cc1nc(SCC(=O)N2CCC3(CC2)OCC[C@H](O)[C@@H]3O)n[nH]1.O=CO. The summed E-state index contributed by atoms with van der Waals surface area (Å²) in [5.74, 6) is 1.04. The first kappa shape index (κ1) is 20.6. The standard InChI is InChI=1S/C14H22N4O4S.CH2O2/c1-9-15-13(17-16-9)23-8-11(20)18-5-3-14(4-6-18)12(21)10(19)2-7-22-14;2-1-3/h10,12,19,21H,2-8H2,1H3,(H,15,16,17);1H,(H,2,3)/t10-,12-;/m0./s1. The topological polar surface area (TPSA) is 149 Å². The van der Waals surface area contributed by atoms with Crippen molar-refractivity contribution in [2.24, 2.45) is 0 Å². The van der Waals surface area contributed by atoms with Gasteiger partial charge < -0.3 is 25.0 Å². The summed E-state index contributed by atoms with van der Waals surface area (Å²) in [6.07, 6.45) is -0.0733. The number of nitrogens with one attached hydrogen (secondary N) is 1. The molecule has 2 aliphatic rings. The molecule has 0 aliphatic carbocycles. The number of aromatic amines is 1. The Morgan fingerprint density at radius 1 is 1.46 bits per heavy atom. The molecule has 2 fully saturated rings. The third-order valence-corrected chi connectivity index (χ3v) is 5.40. The second-order valence-corrected chi connectivity index (χ2v) is 7.13. The van der Waals surface area contributed by atoms with Gasteiger partial charge >= 0.3 is 0 Å². The number of carbonyl (C=O) groups excluding carboxylic acids is 1. The maximum Gasteiger partial charge on any atom is 0.290 e. The van der Waals surface area contributed by atoms with Crippen LogP contribution in [0.3, 0.4) is 0 Å². The van der Waals surface area contributed by atoms with Gasteiger partial charge in [-0.25, -0.2) is 4.98 Å². The average molecular weight is 388 g/mol. The predicted molar refractivity (Wildman–Crippen MR) is 91.7 cm³/mol. The monoisotopic (exact) mass is 388 g/mol. The second kappa shape index (κ2) is 9.31. The number of rotatable bonds is 3. The van der Waals surface area contributed by atoms with Crippen LogP contribution in [0.2, 0.25) is 0 Å². The zero-order chi connectivity index (χ0) is 19.2. The minimum atomic E-state index is -0.876. The van der Waals surface area contributed by atoms with Crippen LogP contribution < -0.4 is 0 Å². The Balaban J connectivity index is 0.000000758. The molecule has 2 atom stereocenters. The summed E-state index contributed by atoms with van der Waals surface area (Å²) in [6, 6.07) is 0. The number of hydrogen-bond donors (Lipinski definition) is 4. The maximum atomic E-state index is 12.3. The van der Waals surface area contributed by atoms with Crippen molar-refractivity contribution in [2.45, 2.75) is 49.2 Å². The summed E-state index contributed by atoms with van der Waals surface area (Å²) >= 11 is 1.31. The van der Waals surface area contributed by atoms with Gasteiger partial charge in [0, 0.05) is 13.1 Å². The molecule has 1 amide bonds. The van der Waals surface area contributed by atoms with Crippen molar-refractivity contribution in [3.05, 3.63) is 5.82 Å². The molecule has 0 saturated carbocycles. The second-order valence-electron chi connectivity index (χ2n) is 6.19. The molecule has 1 aromatic rings. The first-order valence-corrected chi connectivity index (χ1v) is 9.28. The molecule has 0 bridgehead atoms. The number of piperidine rings is 1. The number of nitrogens with zero attached hydrogens (tertiary/aromatic N) is 3. The van der Waals surface area contributed by atoms with E-state index in [1.165, 1.54) is 11.8 Å². The lowest BCUT2D eigenvalue weighted by atomic mass is 9.80. The van der Waals surface area contributed by atoms with Crippen LogP contribution in [-0.4, -0.2) is 91.0 Å². The Bertz CT molecular complexity index is 605. The molecule has 3 heterocycles. The first-order valence-electron chi connectivity index (χ1n) is 8.29. The van der Waals surface area contributed by atoms with Gasteiger partial charge in [-0.2, -0.15) is 0 Å². The number of thioether (sulfide) groups is 1. The molecule has 4 N–H and O–H groups in total. The lowest BCUT2D eigenvalue weighted by molar-refractivity contribution is -0.213. The van der Waals surface area contributed by atoms with E-state index in [9.17, 15) is 15.0 Å². The van der Waals surface area contributed by atoms with E-state index in [0.29, 0.717) is 44.1 Å². The van der Waals surface area contributed by atoms with Crippen molar-refractivity contribution in [1.29, 1.82) is 0 Å². The Morgan fingerprint density at radius 3 is 2.69 bits per heavy atom. The van der Waals surface area contributed by atoms with Gasteiger partial charge in [-0.05, 0) is 26.2 Å². The fourth-order valence-electron chi connectivity index (χ4n) is 3.16. The number of carboxylic acid groups (broad SMARTS) is 1. The van der Waals surface area contributed by atoms with Crippen LogP contribution in [-0.2, 0) is 14.3 Å². The zero-order valence-electron chi connectivity index (χ0n) is 14.5. The molecule has 1 spiro atoms. The Labute approximate surface area is 154 Å². The molecular weight excluding hydrogens is 364 g/mol. The van der Waals surface area contributed by atoms with E-state index in [2.05, 4.69) is 15.2 Å². The Morgan fingerprint density at radius 2 is 2.12 bits per heavy atom. The molecule has 3 rings (SSSR count). The highest BCUT2D eigenvalue weighted by atomic mass is 32.2. The van der Waals surface area contributed by atoms with E-state index in [1.807, 2.05) is 6.92 Å². The van der Waals surface area contributed by atoms with Crippen LogP contribution in [0.1, 0.15) is 25.1 Å². The smallest absolute Gasteiger partial charge is 0.290 e. The number of aromatic nitrogens is 3. The van der Waals surface area contributed by atoms with E-state index in [-0.39, 0.29) is 18.1 Å². The van der Waals surface area contributed by atoms with Crippen LogP contribution in [0.4, 0.5) is 0 Å². The highest BCUT2D eigenvalue weighted by molar-refractivity contribution is 7.99. The number of carbonyl (C=O) groups is 2. The van der Waals surface area contributed by atoms with Crippen LogP contribution in [0, 0.1) is 6.92 Å².